The van der Waals surface area contributed by atoms with Crippen LogP contribution < -0.4 is 5.56 Å². The van der Waals surface area contributed by atoms with Crippen LogP contribution in [0.2, 0.25) is 0 Å². The van der Waals surface area contributed by atoms with Crippen LogP contribution in [-0.2, 0) is 21.3 Å². The molecule has 0 saturated carbocycles. The molecule has 0 aliphatic carbocycles. The maximum absolute atomic E-state index is 12.8. The first-order valence-corrected chi connectivity index (χ1v) is 10.4. The number of aryl methyl sites for hydroxylation is 1. The highest BCUT2D eigenvalue weighted by Crippen LogP contribution is 2.37. The highest BCUT2D eigenvalue weighted by molar-refractivity contribution is 5.85. The number of rotatable bonds is 3. The number of aromatic nitrogens is 1. The fourth-order valence-electron chi connectivity index (χ4n) is 4.05. The number of hydrogen-bond donors (Lipinski definition) is 0. The van der Waals surface area contributed by atoms with Gasteiger partial charge in [0, 0.05) is 37.5 Å². The van der Waals surface area contributed by atoms with Gasteiger partial charge in [0.05, 0.1) is 18.0 Å². The number of hydrogen-bond acceptors (Lipinski definition) is 5. The van der Waals surface area contributed by atoms with Gasteiger partial charge in [0.2, 0.25) is 0 Å². The molecule has 1 aromatic heterocycles. The van der Waals surface area contributed by atoms with E-state index in [4.69, 9.17) is 9.47 Å². The molecule has 1 saturated heterocycles. The second-order valence-corrected chi connectivity index (χ2v) is 8.69. The summed E-state index contributed by atoms with van der Waals surface area (Å²) >= 11 is 0. The number of ether oxygens (including phenoxy) is 2. The standard InChI is InChI=1S/C23H30N2O5/c1-6-29-21(27)18-14-25(22(28)30-23(2,3)4)12-11-15(18)17-13-20(26)24(5)19-10-8-7-9-16(17)19/h7-10,13,15,18H,6,11-12,14H2,1-5H3/t15-,18+/m0/s1. The molecule has 2 aromatic rings. The van der Waals surface area contributed by atoms with E-state index in [1.54, 1.807) is 29.5 Å². The number of amides is 1. The van der Waals surface area contributed by atoms with Gasteiger partial charge in [-0.1, -0.05) is 18.2 Å². The summed E-state index contributed by atoms with van der Waals surface area (Å²) < 4.78 is 12.4. The number of carbonyl (C=O) groups is 2. The summed E-state index contributed by atoms with van der Waals surface area (Å²) in [6.07, 6.45) is 0.101. The molecule has 1 aromatic carbocycles. The largest absolute Gasteiger partial charge is 0.466 e. The van der Waals surface area contributed by atoms with Crippen LogP contribution in [0, 0.1) is 5.92 Å². The molecule has 1 fully saturated rings. The number of fused-ring (bicyclic) bond motifs is 1. The van der Waals surface area contributed by atoms with Crippen LogP contribution in [0.15, 0.2) is 35.1 Å². The molecule has 1 aliphatic rings. The monoisotopic (exact) mass is 414 g/mol. The molecule has 3 rings (SSSR count). The average molecular weight is 415 g/mol. The minimum absolute atomic E-state index is 0.124. The fourth-order valence-corrected chi connectivity index (χ4v) is 4.05. The lowest BCUT2D eigenvalue weighted by atomic mass is 9.79. The Morgan fingerprint density at radius 3 is 2.57 bits per heavy atom. The molecule has 1 amide bonds. The van der Waals surface area contributed by atoms with E-state index in [1.165, 1.54) is 0 Å². The molecule has 7 nitrogen and oxygen atoms in total. The SMILES string of the molecule is CCOC(=O)[C@@H]1CN(C(=O)OC(C)(C)C)CC[C@H]1c1cc(=O)n(C)c2ccccc12. The molecule has 1 aliphatic heterocycles. The summed E-state index contributed by atoms with van der Waals surface area (Å²) in [4.78, 5) is 39.6. The van der Waals surface area contributed by atoms with Gasteiger partial charge >= 0.3 is 12.1 Å². The quantitative estimate of drug-likeness (QED) is 0.719. The van der Waals surface area contributed by atoms with Gasteiger partial charge in [0.25, 0.3) is 5.56 Å². The Labute approximate surface area is 176 Å². The van der Waals surface area contributed by atoms with E-state index in [0.29, 0.717) is 13.0 Å². The van der Waals surface area contributed by atoms with Crippen LogP contribution in [0.4, 0.5) is 4.79 Å². The second-order valence-electron chi connectivity index (χ2n) is 8.69. The van der Waals surface area contributed by atoms with E-state index in [-0.39, 0.29) is 30.6 Å². The lowest BCUT2D eigenvalue weighted by Gasteiger charge is -2.38. The van der Waals surface area contributed by atoms with Crippen LogP contribution in [0.25, 0.3) is 10.9 Å². The van der Waals surface area contributed by atoms with E-state index in [1.807, 2.05) is 45.0 Å². The zero-order valence-corrected chi connectivity index (χ0v) is 18.3. The topological polar surface area (TPSA) is 77.8 Å². The molecule has 7 heteroatoms. The van der Waals surface area contributed by atoms with Crippen molar-refractivity contribution < 1.29 is 19.1 Å². The van der Waals surface area contributed by atoms with Crippen molar-refractivity contribution in [2.45, 2.75) is 45.6 Å². The zero-order valence-electron chi connectivity index (χ0n) is 18.3. The molecule has 0 radical (unpaired) electrons. The lowest BCUT2D eigenvalue weighted by molar-refractivity contribution is -0.150. The van der Waals surface area contributed by atoms with Crippen molar-refractivity contribution in [3.8, 4) is 0 Å². The first-order valence-electron chi connectivity index (χ1n) is 10.4. The maximum Gasteiger partial charge on any atom is 0.410 e. The smallest absolute Gasteiger partial charge is 0.410 e. The molecule has 162 valence electrons. The second kappa shape index (κ2) is 8.50. The molecule has 0 spiro atoms. The predicted octanol–water partition coefficient (Wildman–Crippen LogP) is 3.44. The molecule has 0 unspecified atom stereocenters. The van der Waals surface area contributed by atoms with E-state index < -0.39 is 17.6 Å². The molecular weight excluding hydrogens is 384 g/mol. The summed E-state index contributed by atoms with van der Waals surface area (Å²) in [7, 11) is 1.74. The number of piperidine rings is 1. The number of benzene rings is 1. The van der Waals surface area contributed by atoms with Crippen LogP contribution in [-0.4, -0.2) is 46.8 Å². The van der Waals surface area contributed by atoms with Crippen LogP contribution >= 0.6 is 0 Å². The van der Waals surface area contributed by atoms with Crippen molar-refractivity contribution in [3.05, 3.63) is 46.2 Å². The van der Waals surface area contributed by atoms with E-state index in [9.17, 15) is 14.4 Å². The van der Waals surface area contributed by atoms with Gasteiger partial charge in [-0.05, 0) is 45.7 Å². The Morgan fingerprint density at radius 2 is 1.90 bits per heavy atom. The van der Waals surface area contributed by atoms with Crippen LogP contribution in [0.1, 0.15) is 45.6 Å². The van der Waals surface area contributed by atoms with Crippen molar-refractivity contribution in [2.24, 2.45) is 13.0 Å². The first kappa shape index (κ1) is 21.9. The number of esters is 1. The summed E-state index contributed by atoms with van der Waals surface area (Å²) in [5, 5.41) is 0.935. The molecule has 0 bridgehead atoms. The number of pyridine rings is 1. The first-order chi connectivity index (χ1) is 14.1. The summed E-state index contributed by atoms with van der Waals surface area (Å²) in [5.41, 5.74) is 0.906. The van der Waals surface area contributed by atoms with E-state index >= 15 is 0 Å². The molecular formula is C23H30N2O5. The molecule has 0 N–H and O–H groups in total. The third-order valence-corrected chi connectivity index (χ3v) is 5.44. The Balaban J connectivity index is 2.00. The van der Waals surface area contributed by atoms with Gasteiger partial charge in [0.1, 0.15) is 5.60 Å². The zero-order chi connectivity index (χ0) is 22.1. The normalized spacial score (nSPS) is 19.6. The van der Waals surface area contributed by atoms with E-state index in [0.717, 1.165) is 16.5 Å². The Kier molecular flexibility index (Phi) is 6.19. The summed E-state index contributed by atoms with van der Waals surface area (Å²) in [6.45, 7) is 8.09. The summed E-state index contributed by atoms with van der Waals surface area (Å²) in [6, 6.07) is 9.29. The number of nitrogens with zero attached hydrogens (tertiary/aromatic N) is 2. The van der Waals surface area contributed by atoms with Crippen molar-refractivity contribution in [3.63, 3.8) is 0 Å². The van der Waals surface area contributed by atoms with Gasteiger partial charge in [-0.3, -0.25) is 9.59 Å². The highest BCUT2D eigenvalue weighted by Gasteiger charge is 2.40. The molecule has 2 atom stereocenters. The van der Waals surface area contributed by atoms with Gasteiger partial charge in [-0.25, -0.2) is 4.79 Å². The van der Waals surface area contributed by atoms with Crippen molar-refractivity contribution in [1.29, 1.82) is 0 Å². The summed E-state index contributed by atoms with van der Waals surface area (Å²) in [5.74, 6) is -1.15. The number of para-hydroxylation sites is 1. The Bertz CT molecular complexity index is 1000. The molecule has 2 heterocycles. The van der Waals surface area contributed by atoms with Crippen molar-refractivity contribution in [2.75, 3.05) is 19.7 Å². The fraction of sp³-hybridized carbons (Fsp3) is 0.522. The van der Waals surface area contributed by atoms with Crippen LogP contribution in [0.5, 0.6) is 0 Å². The average Bonchev–Trinajstić information content (AvgIpc) is 2.69. The van der Waals surface area contributed by atoms with E-state index in [2.05, 4.69) is 0 Å². The van der Waals surface area contributed by atoms with Crippen molar-refractivity contribution in [1.82, 2.24) is 9.47 Å². The third kappa shape index (κ3) is 4.50. The van der Waals surface area contributed by atoms with Gasteiger partial charge in [-0.15, -0.1) is 0 Å². The Morgan fingerprint density at radius 1 is 1.20 bits per heavy atom. The Hall–Kier alpha value is -2.83. The minimum Gasteiger partial charge on any atom is -0.466 e. The maximum atomic E-state index is 12.8. The molecule has 30 heavy (non-hydrogen) atoms. The highest BCUT2D eigenvalue weighted by atomic mass is 16.6. The van der Waals surface area contributed by atoms with Gasteiger partial charge in [0.15, 0.2) is 0 Å². The minimum atomic E-state index is -0.616. The van der Waals surface area contributed by atoms with Gasteiger partial charge in [-0.2, -0.15) is 0 Å². The third-order valence-electron chi connectivity index (χ3n) is 5.44. The predicted molar refractivity (Wildman–Crippen MR) is 114 cm³/mol. The van der Waals surface area contributed by atoms with Crippen molar-refractivity contribution >= 4 is 23.0 Å². The van der Waals surface area contributed by atoms with Gasteiger partial charge < -0.3 is 18.9 Å². The number of carbonyl (C=O) groups excluding carboxylic acids is 2. The van der Waals surface area contributed by atoms with Crippen LogP contribution in [0.3, 0.4) is 0 Å². The lowest BCUT2D eigenvalue weighted by Crippen LogP contribution is -2.48. The number of likely N-dealkylation sites (tertiary alicyclic amines) is 1.